The van der Waals surface area contributed by atoms with E-state index in [1.54, 1.807) is 23.3 Å². The molecule has 2 amide bonds. The van der Waals surface area contributed by atoms with Crippen LogP contribution in [-0.2, 0) is 11.8 Å². The monoisotopic (exact) mass is 463 g/mol. The van der Waals surface area contributed by atoms with Crippen molar-refractivity contribution in [2.24, 2.45) is 13.0 Å². The van der Waals surface area contributed by atoms with E-state index in [9.17, 15) is 9.59 Å². The Bertz CT molecular complexity index is 1110. The summed E-state index contributed by atoms with van der Waals surface area (Å²) >= 11 is 0. The lowest BCUT2D eigenvalue weighted by Crippen LogP contribution is -2.49. The Morgan fingerprint density at radius 1 is 1.03 bits per heavy atom. The zero-order valence-corrected chi connectivity index (χ0v) is 20.1. The van der Waals surface area contributed by atoms with E-state index in [0.29, 0.717) is 11.4 Å². The van der Waals surface area contributed by atoms with Gasteiger partial charge >= 0.3 is 0 Å². The highest BCUT2D eigenvalue weighted by atomic mass is 16.2. The van der Waals surface area contributed by atoms with Crippen molar-refractivity contribution in [3.05, 3.63) is 48.5 Å². The van der Waals surface area contributed by atoms with Crippen LogP contribution in [0.5, 0.6) is 0 Å². The summed E-state index contributed by atoms with van der Waals surface area (Å²) in [5.41, 5.74) is 2.05. The van der Waals surface area contributed by atoms with Gasteiger partial charge < -0.3 is 15.2 Å². The summed E-state index contributed by atoms with van der Waals surface area (Å²) in [7, 11) is 1.89. The number of nitrogens with zero attached hydrogens (tertiary/aromatic N) is 5. The molecule has 9 nitrogen and oxygen atoms in total. The third-order valence-corrected chi connectivity index (χ3v) is 6.45. The maximum atomic E-state index is 13.4. The molecule has 0 radical (unpaired) electrons. The number of hydrogen-bond acceptors (Lipinski definition) is 5. The molecule has 1 aliphatic carbocycles. The van der Waals surface area contributed by atoms with Gasteiger partial charge in [0.05, 0.1) is 0 Å². The van der Waals surface area contributed by atoms with Crippen LogP contribution >= 0.6 is 0 Å². The van der Waals surface area contributed by atoms with Gasteiger partial charge in [0, 0.05) is 30.5 Å². The Labute approximate surface area is 200 Å². The standard InChI is InChI=1S/C25H33N7O2/c1-17(2)32-21(14-15-27-32)24(33)29-22(18-8-6-4-5-7-9-18)25(34)28-20-12-10-19(11-13-20)23-30-26-16-31(23)3/h10-18,22H,4-9H2,1-3H3,(H,28,34)(H,29,33)/t22-/m0/s1. The average molecular weight is 464 g/mol. The first-order chi connectivity index (χ1) is 16.4. The maximum Gasteiger partial charge on any atom is 0.270 e. The molecule has 9 heteroatoms. The van der Waals surface area contributed by atoms with Crippen molar-refractivity contribution in [3.8, 4) is 11.4 Å². The molecule has 2 heterocycles. The van der Waals surface area contributed by atoms with E-state index in [1.165, 1.54) is 12.8 Å². The highest BCUT2D eigenvalue weighted by molar-refractivity contribution is 6.00. The molecule has 1 atom stereocenters. The van der Waals surface area contributed by atoms with Gasteiger partial charge in [0.25, 0.3) is 5.91 Å². The summed E-state index contributed by atoms with van der Waals surface area (Å²) in [4.78, 5) is 26.6. The Hall–Kier alpha value is -3.49. The summed E-state index contributed by atoms with van der Waals surface area (Å²) in [5, 5.41) is 18.4. The van der Waals surface area contributed by atoms with Gasteiger partial charge in [0.1, 0.15) is 18.1 Å². The number of aromatic nitrogens is 5. The van der Waals surface area contributed by atoms with Crippen LogP contribution in [0.4, 0.5) is 5.69 Å². The second kappa shape index (κ2) is 10.6. The largest absolute Gasteiger partial charge is 0.339 e. The lowest BCUT2D eigenvalue weighted by Gasteiger charge is -2.26. The van der Waals surface area contributed by atoms with Crippen LogP contribution < -0.4 is 10.6 Å². The van der Waals surface area contributed by atoms with Gasteiger partial charge in [-0.3, -0.25) is 14.3 Å². The van der Waals surface area contributed by atoms with E-state index < -0.39 is 6.04 Å². The molecule has 180 valence electrons. The Morgan fingerprint density at radius 2 is 1.74 bits per heavy atom. The number of carbonyl (C=O) groups is 2. The summed E-state index contributed by atoms with van der Waals surface area (Å²) in [6, 6.07) is 8.64. The minimum Gasteiger partial charge on any atom is -0.339 e. The van der Waals surface area contributed by atoms with Crippen LogP contribution in [0, 0.1) is 5.92 Å². The van der Waals surface area contributed by atoms with Gasteiger partial charge in [0.15, 0.2) is 5.82 Å². The Kier molecular flexibility index (Phi) is 7.40. The van der Waals surface area contributed by atoms with Crippen molar-refractivity contribution in [3.63, 3.8) is 0 Å². The SMILES string of the molecule is CC(C)n1nccc1C(=O)N[C@H](C(=O)Nc1ccc(-c2nncn2C)cc1)C1CCCCCC1. The number of hydrogen-bond donors (Lipinski definition) is 2. The molecule has 0 spiro atoms. The second-order valence-corrected chi connectivity index (χ2v) is 9.29. The van der Waals surface area contributed by atoms with E-state index in [4.69, 9.17) is 0 Å². The van der Waals surface area contributed by atoms with Crippen molar-refractivity contribution in [1.29, 1.82) is 0 Å². The number of rotatable bonds is 7. The minimum atomic E-state index is -0.612. The van der Waals surface area contributed by atoms with E-state index in [2.05, 4.69) is 25.9 Å². The molecule has 0 saturated heterocycles. The molecular formula is C25H33N7O2. The number of amides is 2. The van der Waals surface area contributed by atoms with Gasteiger partial charge in [-0.25, -0.2) is 0 Å². The average Bonchev–Trinajstić information content (AvgIpc) is 3.40. The van der Waals surface area contributed by atoms with E-state index in [1.807, 2.05) is 49.7 Å². The summed E-state index contributed by atoms with van der Waals surface area (Å²) in [6.07, 6.45) is 9.59. The topological polar surface area (TPSA) is 107 Å². The summed E-state index contributed by atoms with van der Waals surface area (Å²) in [6.45, 7) is 3.95. The summed E-state index contributed by atoms with van der Waals surface area (Å²) < 4.78 is 3.52. The van der Waals surface area contributed by atoms with Crippen molar-refractivity contribution in [2.45, 2.75) is 64.5 Å². The molecule has 0 aliphatic heterocycles. The van der Waals surface area contributed by atoms with Gasteiger partial charge in [0.2, 0.25) is 5.91 Å². The third kappa shape index (κ3) is 5.35. The zero-order chi connectivity index (χ0) is 24.1. The number of carbonyl (C=O) groups excluding carboxylic acids is 2. The quantitative estimate of drug-likeness (QED) is 0.516. The van der Waals surface area contributed by atoms with Gasteiger partial charge in [-0.1, -0.05) is 25.7 Å². The summed E-state index contributed by atoms with van der Waals surface area (Å²) in [5.74, 6) is 0.388. The fraction of sp³-hybridized carbons (Fsp3) is 0.480. The fourth-order valence-electron chi connectivity index (χ4n) is 4.63. The molecule has 1 saturated carbocycles. The fourth-order valence-corrected chi connectivity index (χ4v) is 4.63. The van der Waals surface area contributed by atoms with Gasteiger partial charge in [-0.2, -0.15) is 5.10 Å². The predicted molar refractivity (Wildman–Crippen MR) is 130 cm³/mol. The number of aryl methyl sites for hydroxylation is 1. The van der Waals surface area contributed by atoms with Gasteiger partial charge in [-0.15, -0.1) is 10.2 Å². The van der Waals surface area contributed by atoms with Crippen LogP contribution in [0.2, 0.25) is 0 Å². The van der Waals surface area contributed by atoms with Crippen LogP contribution in [0.3, 0.4) is 0 Å². The first-order valence-corrected chi connectivity index (χ1v) is 12.0. The lowest BCUT2D eigenvalue weighted by molar-refractivity contribution is -0.119. The molecule has 0 bridgehead atoms. The second-order valence-electron chi connectivity index (χ2n) is 9.29. The van der Waals surface area contributed by atoms with Crippen molar-refractivity contribution in [2.75, 3.05) is 5.32 Å². The highest BCUT2D eigenvalue weighted by Crippen LogP contribution is 2.27. The van der Waals surface area contributed by atoms with Gasteiger partial charge in [-0.05, 0) is 62.9 Å². The van der Waals surface area contributed by atoms with Crippen LogP contribution in [0.1, 0.15) is 68.9 Å². The van der Waals surface area contributed by atoms with Crippen molar-refractivity contribution < 1.29 is 9.59 Å². The zero-order valence-electron chi connectivity index (χ0n) is 20.1. The highest BCUT2D eigenvalue weighted by Gasteiger charge is 2.31. The molecule has 2 N–H and O–H groups in total. The molecule has 1 aromatic carbocycles. The van der Waals surface area contributed by atoms with Crippen molar-refractivity contribution >= 4 is 17.5 Å². The van der Waals surface area contributed by atoms with E-state index in [-0.39, 0.29) is 23.8 Å². The molecule has 1 aliphatic rings. The minimum absolute atomic E-state index is 0.0494. The maximum absolute atomic E-state index is 13.4. The molecule has 3 aromatic rings. The number of nitrogens with one attached hydrogen (secondary N) is 2. The predicted octanol–water partition coefficient (Wildman–Crippen LogP) is 3.97. The molecule has 1 fully saturated rings. The molecule has 4 rings (SSSR count). The van der Waals surface area contributed by atoms with E-state index >= 15 is 0 Å². The van der Waals surface area contributed by atoms with E-state index in [0.717, 1.165) is 37.1 Å². The number of benzene rings is 1. The molecule has 2 aromatic heterocycles. The molecular weight excluding hydrogens is 430 g/mol. The van der Waals surface area contributed by atoms with Crippen LogP contribution in [0.15, 0.2) is 42.9 Å². The molecule has 0 unspecified atom stereocenters. The smallest absolute Gasteiger partial charge is 0.270 e. The first kappa shape index (κ1) is 23.7. The normalized spacial score (nSPS) is 15.6. The number of anilines is 1. The third-order valence-electron chi connectivity index (χ3n) is 6.45. The molecule has 34 heavy (non-hydrogen) atoms. The van der Waals surface area contributed by atoms with Crippen molar-refractivity contribution in [1.82, 2.24) is 29.9 Å². The lowest BCUT2D eigenvalue weighted by atomic mass is 9.91. The Morgan fingerprint density at radius 3 is 2.35 bits per heavy atom. The van der Waals surface area contributed by atoms with Crippen LogP contribution in [0.25, 0.3) is 11.4 Å². The first-order valence-electron chi connectivity index (χ1n) is 12.0. The van der Waals surface area contributed by atoms with Crippen LogP contribution in [-0.4, -0.2) is 42.4 Å². The Balaban J connectivity index is 1.52.